The van der Waals surface area contributed by atoms with E-state index in [-0.39, 0.29) is 17.8 Å². The van der Waals surface area contributed by atoms with Gasteiger partial charge in [-0.1, -0.05) is 18.7 Å². The maximum atomic E-state index is 12.9. The lowest BCUT2D eigenvalue weighted by molar-refractivity contribution is -0.149. The number of piperidine rings is 1. The Labute approximate surface area is 193 Å². The summed E-state index contributed by atoms with van der Waals surface area (Å²) >= 11 is 1.48. The van der Waals surface area contributed by atoms with E-state index >= 15 is 0 Å². The first kappa shape index (κ1) is 24.1. The number of thioether (sulfide) groups is 1. The molecule has 0 aromatic carbocycles. The molecular weight excluding hydrogens is 428 g/mol. The number of hydrogen-bond acceptors (Lipinski definition) is 8. The van der Waals surface area contributed by atoms with Crippen molar-refractivity contribution < 1.29 is 18.7 Å². The zero-order chi connectivity index (χ0) is 23.1. The van der Waals surface area contributed by atoms with Gasteiger partial charge in [-0.25, -0.2) is 9.97 Å². The molecule has 9 heteroatoms. The van der Waals surface area contributed by atoms with Crippen LogP contribution in [0, 0.1) is 12.8 Å². The van der Waals surface area contributed by atoms with E-state index in [2.05, 4.69) is 21.8 Å². The number of aromatic nitrogens is 2. The molecule has 0 unspecified atom stereocenters. The van der Waals surface area contributed by atoms with Gasteiger partial charge in [0, 0.05) is 38.4 Å². The maximum absolute atomic E-state index is 12.9. The first-order valence-electron chi connectivity index (χ1n) is 11.2. The number of amides is 1. The van der Waals surface area contributed by atoms with Crippen molar-refractivity contribution in [2.75, 3.05) is 38.2 Å². The Hall–Kier alpha value is -2.55. The van der Waals surface area contributed by atoms with E-state index in [1.165, 1.54) is 11.8 Å². The van der Waals surface area contributed by atoms with Gasteiger partial charge in [0.15, 0.2) is 10.9 Å². The van der Waals surface area contributed by atoms with E-state index in [1.807, 2.05) is 26.1 Å². The Morgan fingerprint density at radius 3 is 2.88 bits per heavy atom. The highest BCUT2D eigenvalue weighted by Crippen LogP contribution is 2.25. The second-order valence-corrected chi connectivity index (χ2v) is 8.91. The third-order valence-corrected chi connectivity index (χ3v) is 6.18. The van der Waals surface area contributed by atoms with E-state index in [4.69, 9.17) is 9.15 Å². The fourth-order valence-corrected chi connectivity index (χ4v) is 4.50. The minimum absolute atomic E-state index is 0.189. The highest BCUT2D eigenvalue weighted by molar-refractivity contribution is 7.98. The number of rotatable bonds is 9. The largest absolute Gasteiger partial charge is 0.466 e. The molecule has 8 nitrogen and oxygen atoms in total. The second-order valence-electron chi connectivity index (χ2n) is 7.97. The van der Waals surface area contributed by atoms with Gasteiger partial charge in [-0.2, -0.15) is 0 Å². The van der Waals surface area contributed by atoms with Crippen molar-refractivity contribution in [2.45, 2.75) is 50.9 Å². The standard InChI is InChI=1S/C23H32N4O4S/c1-5-11-26(4)20-13-16(3)24-23(25-20)32-15-18-9-10-19(31-18)21(28)27-12-7-8-17(14-27)22(29)30-6-2/h9-10,13,17H,5-8,11-12,14-15H2,1-4H3/t17-/m0/s1. The van der Waals surface area contributed by atoms with Crippen LogP contribution in [0.4, 0.5) is 5.82 Å². The van der Waals surface area contributed by atoms with Gasteiger partial charge in [-0.3, -0.25) is 9.59 Å². The Bertz CT molecular complexity index is 932. The Kier molecular flexibility index (Phi) is 8.55. The number of carbonyl (C=O) groups excluding carboxylic acids is 2. The summed E-state index contributed by atoms with van der Waals surface area (Å²) in [5, 5.41) is 0.681. The second kappa shape index (κ2) is 11.4. The molecule has 1 amide bonds. The molecule has 1 fully saturated rings. The molecule has 1 saturated heterocycles. The quantitative estimate of drug-likeness (QED) is 0.316. The van der Waals surface area contributed by atoms with Crippen LogP contribution >= 0.6 is 11.8 Å². The Morgan fingerprint density at radius 1 is 1.31 bits per heavy atom. The molecule has 174 valence electrons. The third kappa shape index (κ3) is 6.25. The summed E-state index contributed by atoms with van der Waals surface area (Å²) in [6, 6.07) is 5.49. The molecule has 2 aromatic rings. The van der Waals surface area contributed by atoms with Crippen molar-refractivity contribution in [3.8, 4) is 0 Å². The van der Waals surface area contributed by atoms with Crippen molar-refractivity contribution in [2.24, 2.45) is 5.92 Å². The van der Waals surface area contributed by atoms with Crippen LogP contribution in [0.2, 0.25) is 0 Å². The van der Waals surface area contributed by atoms with Crippen LogP contribution in [-0.2, 0) is 15.3 Å². The number of esters is 1. The number of aryl methyl sites for hydroxylation is 1. The highest BCUT2D eigenvalue weighted by atomic mass is 32.2. The van der Waals surface area contributed by atoms with Crippen LogP contribution in [0.5, 0.6) is 0 Å². The lowest BCUT2D eigenvalue weighted by atomic mass is 9.98. The van der Waals surface area contributed by atoms with Gasteiger partial charge in [0.2, 0.25) is 0 Å². The van der Waals surface area contributed by atoms with Gasteiger partial charge in [-0.15, -0.1) is 0 Å². The highest BCUT2D eigenvalue weighted by Gasteiger charge is 2.30. The molecular formula is C23H32N4O4S. The summed E-state index contributed by atoms with van der Waals surface area (Å²) in [6.07, 6.45) is 2.56. The molecule has 1 aliphatic rings. The lowest BCUT2D eigenvalue weighted by Gasteiger charge is -2.30. The molecule has 2 aromatic heterocycles. The number of furan rings is 1. The predicted molar refractivity (Wildman–Crippen MR) is 124 cm³/mol. The van der Waals surface area contributed by atoms with Gasteiger partial charge in [0.05, 0.1) is 18.3 Å². The van der Waals surface area contributed by atoms with Gasteiger partial charge < -0.3 is 19.0 Å². The summed E-state index contributed by atoms with van der Waals surface area (Å²) in [7, 11) is 2.03. The summed E-state index contributed by atoms with van der Waals surface area (Å²) in [6.45, 7) is 8.15. The van der Waals surface area contributed by atoms with Crippen LogP contribution < -0.4 is 4.90 Å². The van der Waals surface area contributed by atoms with Crippen molar-refractivity contribution in [1.82, 2.24) is 14.9 Å². The molecule has 32 heavy (non-hydrogen) atoms. The maximum Gasteiger partial charge on any atom is 0.310 e. The van der Waals surface area contributed by atoms with Crippen LogP contribution in [0.25, 0.3) is 0 Å². The van der Waals surface area contributed by atoms with Crippen LogP contribution in [0.1, 0.15) is 55.1 Å². The van der Waals surface area contributed by atoms with E-state index in [0.717, 1.165) is 37.3 Å². The third-order valence-electron chi connectivity index (χ3n) is 5.31. The monoisotopic (exact) mass is 460 g/mol. The van der Waals surface area contributed by atoms with Crippen LogP contribution in [-0.4, -0.2) is 60.0 Å². The number of ether oxygens (including phenoxy) is 1. The number of hydrogen-bond donors (Lipinski definition) is 0. The number of carbonyl (C=O) groups is 2. The summed E-state index contributed by atoms with van der Waals surface area (Å²) in [5.74, 6) is 1.72. The fraction of sp³-hybridized carbons (Fsp3) is 0.565. The molecule has 3 rings (SSSR count). The molecule has 0 aliphatic carbocycles. The topological polar surface area (TPSA) is 88.8 Å². The van der Waals surface area contributed by atoms with E-state index < -0.39 is 0 Å². The fourth-order valence-electron chi connectivity index (χ4n) is 3.71. The minimum atomic E-state index is -0.267. The predicted octanol–water partition coefficient (Wildman–Crippen LogP) is 3.93. The molecule has 0 radical (unpaired) electrons. The molecule has 0 saturated carbocycles. The summed E-state index contributed by atoms with van der Waals surface area (Å²) in [4.78, 5) is 37.9. The zero-order valence-corrected chi connectivity index (χ0v) is 20.1. The van der Waals surface area contributed by atoms with Crippen LogP contribution in [0.15, 0.2) is 27.8 Å². The zero-order valence-electron chi connectivity index (χ0n) is 19.3. The summed E-state index contributed by atoms with van der Waals surface area (Å²) < 4.78 is 10.9. The SMILES string of the molecule is CCCN(C)c1cc(C)nc(SCc2ccc(C(=O)N3CCC[C@H](C(=O)OCC)C3)o2)n1. The van der Waals surface area contributed by atoms with E-state index in [1.54, 1.807) is 17.9 Å². The van der Waals surface area contributed by atoms with Gasteiger partial charge in [0.1, 0.15) is 11.6 Å². The van der Waals surface area contributed by atoms with Crippen molar-refractivity contribution in [1.29, 1.82) is 0 Å². The average molecular weight is 461 g/mol. The Balaban J connectivity index is 1.60. The summed E-state index contributed by atoms with van der Waals surface area (Å²) in [5.41, 5.74) is 0.914. The van der Waals surface area contributed by atoms with Crippen molar-refractivity contribution in [3.63, 3.8) is 0 Å². The average Bonchev–Trinajstić information content (AvgIpc) is 3.26. The first-order valence-corrected chi connectivity index (χ1v) is 12.1. The van der Waals surface area contributed by atoms with Crippen molar-refractivity contribution >= 4 is 29.5 Å². The lowest BCUT2D eigenvalue weighted by Crippen LogP contribution is -2.42. The van der Waals surface area contributed by atoms with E-state index in [0.29, 0.717) is 42.1 Å². The van der Waals surface area contributed by atoms with Gasteiger partial charge in [0.25, 0.3) is 5.91 Å². The van der Waals surface area contributed by atoms with Gasteiger partial charge >= 0.3 is 5.97 Å². The Morgan fingerprint density at radius 2 is 2.12 bits per heavy atom. The molecule has 0 N–H and O–H groups in total. The number of anilines is 1. The first-order chi connectivity index (χ1) is 15.4. The number of nitrogens with zero attached hydrogens (tertiary/aromatic N) is 4. The molecule has 0 spiro atoms. The smallest absolute Gasteiger partial charge is 0.310 e. The number of likely N-dealkylation sites (tertiary alicyclic amines) is 1. The molecule has 3 heterocycles. The van der Waals surface area contributed by atoms with Crippen LogP contribution in [0.3, 0.4) is 0 Å². The van der Waals surface area contributed by atoms with Crippen molar-refractivity contribution in [3.05, 3.63) is 35.4 Å². The molecule has 0 bridgehead atoms. The van der Waals surface area contributed by atoms with E-state index in [9.17, 15) is 9.59 Å². The van der Waals surface area contributed by atoms with Gasteiger partial charge in [-0.05, 0) is 45.2 Å². The minimum Gasteiger partial charge on any atom is -0.466 e. The molecule has 1 aliphatic heterocycles. The normalized spacial score (nSPS) is 16.1. The molecule has 1 atom stereocenters.